The van der Waals surface area contributed by atoms with Crippen molar-refractivity contribution < 1.29 is 14.1 Å². The average Bonchev–Trinajstić information content (AvgIpc) is 2.48. The molecule has 0 aliphatic rings. The number of nitro groups is 1. The van der Waals surface area contributed by atoms with Gasteiger partial charge in [0, 0.05) is 24.2 Å². The van der Waals surface area contributed by atoms with E-state index in [1.54, 1.807) is 24.3 Å². The third-order valence-electron chi connectivity index (χ3n) is 3.18. The van der Waals surface area contributed by atoms with Crippen LogP contribution in [0.4, 0.5) is 15.8 Å². The van der Waals surface area contributed by atoms with E-state index in [2.05, 4.69) is 5.32 Å². The molecule has 0 spiro atoms. The van der Waals surface area contributed by atoms with Gasteiger partial charge in [0.05, 0.1) is 11.0 Å². The molecule has 2 aromatic rings. The fraction of sp³-hybridized carbons (Fsp3) is 0.188. The lowest BCUT2D eigenvalue weighted by molar-refractivity contribution is -0.384. The zero-order valence-electron chi connectivity index (χ0n) is 12.0. The summed E-state index contributed by atoms with van der Waals surface area (Å²) in [6.45, 7) is 1.48. The minimum atomic E-state index is -0.475. The van der Waals surface area contributed by atoms with Crippen LogP contribution in [0.25, 0.3) is 0 Å². The third-order valence-corrected chi connectivity index (χ3v) is 3.18. The first-order valence-corrected chi connectivity index (χ1v) is 6.71. The van der Waals surface area contributed by atoms with Gasteiger partial charge in [0.25, 0.3) is 5.69 Å². The zero-order chi connectivity index (χ0) is 16.1. The molecule has 0 fully saturated rings. The quantitative estimate of drug-likeness (QED) is 0.649. The smallest absolute Gasteiger partial charge is 0.269 e. The van der Waals surface area contributed by atoms with Crippen LogP contribution >= 0.6 is 0 Å². The van der Waals surface area contributed by atoms with Crippen molar-refractivity contribution >= 4 is 17.2 Å². The van der Waals surface area contributed by atoms with E-state index in [1.165, 1.54) is 31.2 Å². The number of carbonyl (C=O) groups is 1. The molecule has 0 heterocycles. The molecule has 2 aromatic carbocycles. The number of anilines is 1. The van der Waals surface area contributed by atoms with Crippen LogP contribution < -0.4 is 5.32 Å². The van der Waals surface area contributed by atoms with Gasteiger partial charge in [-0.05, 0) is 36.8 Å². The highest BCUT2D eigenvalue weighted by molar-refractivity contribution is 5.77. The predicted molar refractivity (Wildman–Crippen MR) is 81.2 cm³/mol. The van der Waals surface area contributed by atoms with Crippen molar-refractivity contribution in [1.82, 2.24) is 0 Å². The second kappa shape index (κ2) is 6.80. The summed E-state index contributed by atoms with van der Waals surface area (Å²) in [5, 5.41) is 13.8. The number of nitrogens with one attached hydrogen (secondary N) is 1. The molecule has 1 unspecified atom stereocenters. The van der Waals surface area contributed by atoms with Gasteiger partial charge in [0.15, 0.2) is 0 Å². The second-order valence-electron chi connectivity index (χ2n) is 4.96. The van der Waals surface area contributed by atoms with Crippen molar-refractivity contribution in [2.24, 2.45) is 0 Å². The summed E-state index contributed by atoms with van der Waals surface area (Å²) in [6, 6.07) is 11.5. The third kappa shape index (κ3) is 4.12. The summed E-state index contributed by atoms with van der Waals surface area (Å²) in [7, 11) is 0. The molecule has 0 aromatic heterocycles. The van der Waals surface area contributed by atoms with Crippen molar-refractivity contribution in [3.05, 3.63) is 70.0 Å². The first-order valence-electron chi connectivity index (χ1n) is 6.71. The molecule has 0 aliphatic heterocycles. The van der Waals surface area contributed by atoms with Crippen LogP contribution in [-0.2, 0) is 4.79 Å². The lowest BCUT2D eigenvalue weighted by Gasteiger charge is -2.19. The van der Waals surface area contributed by atoms with Gasteiger partial charge in [-0.25, -0.2) is 4.39 Å². The summed E-state index contributed by atoms with van der Waals surface area (Å²) in [6.07, 6.45) is 0.231. The Morgan fingerprint density at radius 3 is 2.27 bits per heavy atom. The Morgan fingerprint density at radius 1 is 1.18 bits per heavy atom. The average molecular weight is 302 g/mol. The number of Topliss-reactive ketones (excluding diaryl/α,β-unsaturated/α-hetero) is 1. The molecular weight excluding hydrogens is 287 g/mol. The summed E-state index contributed by atoms with van der Waals surface area (Å²) in [4.78, 5) is 21.6. The molecule has 0 amide bonds. The monoisotopic (exact) mass is 302 g/mol. The van der Waals surface area contributed by atoms with Gasteiger partial charge in [0.2, 0.25) is 0 Å². The standard InChI is InChI=1S/C16H15FN2O3/c1-11(20)10-16(18-14-6-4-13(17)5-7-14)12-2-8-15(9-3-12)19(21)22/h2-9,16,18H,10H2,1H3. The minimum absolute atomic E-state index is 0.00731. The largest absolute Gasteiger partial charge is 0.378 e. The van der Waals surface area contributed by atoms with Gasteiger partial charge in [-0.15, -0.1) is 0 Å². The number of non-ortho nitro benzene ring substituents is 1. The number of benzene rings is 2. The van der Waals surface area contributed by atoms with Gasteiger partial charge >= 0.3 is 0 Å². The Hall–Kier alpha value is -2.76. The Morgan fingerprint density at radius 2 is 1.77 bits per heavy atom. The Balaban J connectivity index is 2.23. The van der Waals surface area contributed by atoms with Gasteiger partial charge in [-0.2, -0.15) is 0 Å². The lowest BCUT2D eigenvalue weighted by atomic mass is 10.0. The molecule has 1 N–H and O–H groups in total. The van der Waals surface area contributed by atoms with Crippen molar-refractivity contribution in [1.29, 1.82) is 0 Å². The number of nitrogens with zero attached hydrogens (tertiary/aromatic N) is 1. The molecule has 0 radical (unpaired) electrons. The summed E-state index contributed by atoms with van der Waals surface area (Å²) in [5.41, 5.74) is 1.42. The van der Waals surface area contributed by atoms with Crippen molar-refractivity contribution in [3.63, 3.8) is 0 Å². The van der Waals surface area contributed by atoms with Crippen LogP contribution in [-0.4, -0.2) is 10.7 Å². The van der Waals surface area contributed by atoms with E-state index in [4.69, 9.17) is 0 Å². The SMILES string of the molecule is CC(=O)CC(Nc1ccc(F)cc1)c1ccc([N+](=O)[O-])cc1. The molecule has 2 rings (SSSR count). The van der Waals surface area contributed by atoms with Gasteiger partial charge in [-0.1, -0.05) is 12.1 Å². The number of hydrogen-bond acceptors (Lipinski definition) is 4. The fourth-order valence-corrected chi connectivity index (χ4v) is 2.12. The molecule has 0 saturated heterocycles. The van der Waals surface area contributed by atoms with Crippen molar-refractivity contribution in [3.8, 4) is 0 Å². The maximum atomic E-state index is 12.9. The predicted octanol–water partition coefficient (Wildman–Crippen LogP) is 3.87. The minimum Gasteiger partial charge on any atom is -0.378 e. The summed E-state index contributed by atoms with van der Waals surface area (Å²) >= 11 is 0. The van der Waals surface area contributed by atoms with E-state index >= 15 is 0 Å². The zero-order valence-corrected chi connectivity index (χ0v) is 12.0. The van der Waals surface area contributed by atoms with E-state index in [-0.39, 0.29) is 29.8 Å². The summed E-state index contributed by atoms with van der Waals surface area (Å²) < 4.78 is 12.9. The Labute approximate surface area is 126 Å². The Kier molecular flexibility index (Phi) is 4.83. The molecule has 6 heteroatoms. The van der Waals surface area contributed by atoms with Gasteiger partial charge in [0.1, 0.15) is 11.6 Å². The number of nitro benzene ring substituents is 1. The first kappa shape index (κ1) is 15.6. The maximum Gasteiger partial charge on any atom is 0.269 e. The van der Waals surface area contributed by atoms with Crippen molar-refractivity contribution in [2.45, 2.75) is 19.4 Å². The van der Waals surface area contributed by atoms with Crippen LogP contribution in [0.5, 0.6) is 0 Å². The molecule has 5 nitrogen and oxygen atoms in total. The number of ketones is 1. The lowest BCUT2D eigenvalue weighted by Crippen LogP contribution is -2.14. The van der Waals surface area contributed by atoms with Gasteiger partial charge in [-0.3, -0.25) is 14.9 Å². The van der Waals surface area contributed by atoms with Crippen LogP contribution in [0.2, 0.25) is 0 Å². The van der Waals surface area contributed by atoms with E-state index < -0.39 is 4.92 Å². The molecule has 0 bridgehead atoms. The van der Waals surface area contributed by atoms with E-state index in [1.807, 2.05) is 0 Å². The van der Waals surface area contributed by atoms with E-state index in [9.17, 15) is 19.3 Å². The van der Waals surface area contributed by atoms with Crippen LogP contribution in [0, 0.1) is 15.9 Å². The van der Waals surface area contributed by atoms with Gasteiger partial charge < -0.3 is 5.32 Å². The number of rotatable bonds is 6. The highest BCUT2D eigenvalue weighted by atomic mass is 19.1. The molecule has 0 saturated carbocycles. The molecule has 22 heavy (non-hydrogen) atoms. The van der Waals surface area contributed by atoms with Crippen LogP contribution in [0.3, 0.4) is 0 Å². The fourth-order valence-electron chi connectivity index (χ4n) is 2.12. The number of halogens is 1. The topological polar surface area (TPSA) is 72.2 Å². The molecule has 114 valence electrons. The van der Waals surface area contributed by atoms with E-state index in [0.717, 1.165) is 5.56 Å². The van der Waals surface area contributed by atoms with Crippen molar-refractivity contribution in [2.75, 3.05) is 5.32 Å². The maximum absolute atomic E-state index is 12.9. The first-order chi connectivity index (χ1) is 10.5. The molecule has 1 atom stereocenters. The highest BCUT2D eigenvalue weighted by Crippen LogP contribution is 2.25. The number of carbonyl (C=O) groups excluding carboxylic acids is 1. The van der Waals surface area contributed by atoms with Crippen LogP contribution in [0.15, 0.2) is 48.5 Å². The Bertz CT molecular complexity index is 669. The highest BCUT2D eigenvalue weighted by Gasteiger charge is 2.15. The molecule has 0 aliphatic carbocycles. The van der Waals surface area contributed by atoms with E-state index in [0.29, 0.717) is 5.69 Å². The molecular formula is C16H15FN2O3. The second-order valence-corrected chi connectivity index (χ2v) is 4.96. The summed E-state index contributed by atoms with van der Waals surface area (Å²) in [5.74, 6) is -0.359. The normalized spacial score (nSPS) is 11.7. The number of hydrogen-bond donors (Lipinski definition) is 1. The van der Waals surface area contributed by atoms with Crippen LogP contribution in [0.1, 0.15) is 24.9 Å².